The molecule has 3 heteroatoms. The summed E-state index contributed by atoms with van der Waals surface area (Å²) >= 11 is 1.77. The van der Waals surface area contributed by atoms with E-state index in [1.54, 1.807) is 11.3 Å². The van der Waals surface area contributed by atoms with Crippen molar-refractivity contribution in [2.75, 3.05) is 13.6 Å². The van der Waals surface area contributed by atoms with Crippen LogP contribution >= 0.6 is 11.3 Å². The van der Waals surface area contributed by atoms with E-state index in [4.69, 9.17) is 5.73 Å². The van der Waals surface area contributed by atoms with Gasteiger partial charge in [-0.25, -0.2) is 0 Å². The lowest BCUT2D eigenvalue weighted by atomic mass is 9.77. The summed E-state index contributed by atoms with van der Waals surface area (Å²) in [7, 11) is 2.19. The number of likely N-dealkylation sites (N-methyl/N-ethyl adjacent to an activating group) is 1. The van der Waals surface area contributed by atoms with Crippen molar-refractivity contribution < 1.29 is 0 Å². The van der Waals surface area contributed by atoms with Gasteiger partial charge in [-0.2, -0.15) is 11.3 Å². The van der Waals surface area contributed by atoms with Crippen LogP contribution in [0.25, 0.3) is 0 Å². The molecule has 2 unspecified atom stereocenters. The Morgan fingerprint density at radius 2 is 2.41 bits per heavy atom. The van der Waals surface area contributed by atoms with Crippen molar-refractivity contribution in [1.82, 2.24) is 4.90 Å². The second-order valence-electron chi connectivity index (χ2n) is 5.87. The van der Waals surface area contributed by atoms with Crippen LogP contribution in [-0.4, -0.2) is 24.0 Å². The van der Waals surface area contributed by atoms with Crippen molar-refractivity contribution in [3.05, 3.63) is 22.4 Å². The van der Waals surface area contributed by atoms with Crippen molar-refractivity contribution in [2.45, 2.75) is 44.7 Å². The minimum absolute atomic E-state index is 0.0441. The Balaban J connectivity index is 1.86. The largest absolute Gasteiger partial charge is 0.324 e. The van der Waals surface area contributed by atoms with Gasteiger partial charge in [0.15, 0.2) is 0 Å². The van der Waals surface area contributed by atoms with E-state index in [0.29, 0.717) is 0 Å². The fourth-order valence-electron chi connectivity index (χ4n) is 3.13. The van der Waals surface area contributed by atoms with Gasteiger partial charge in [0.1, 0.15) is 0 Å². The highest BCUT2D eigenvalue weighted by Crippen LogP contribution is 2.31. The SMILES string of the molecule is CC1CCCC(N)(CN(C)Cc2ccsc2)C1. The van der Waals surface area contributed by atoms with Crippen LogP contribution in [0.1, 0.15) is 38.2 Å². The van der Waals surface area contributed by atoms with E-state index in [9.17, 15) is 0 Å². The van der Waals surface area contributed by atoms with Crippen molar-refractivity contribution >= 4 is 11.3 Å². The topological polar surface area (TPSA) is 29.3 Å². The molecule has 96 valence electrons. The summed E-state index contributed by atoms with van der Waals surface area (Å²) in [6.07, 6.45) is 5.02. The second kappa shape index (κ2) is 5.51. The number of hydrogen-bond acceptors (Lipinski definition) is 3. The molecule has 2 atom stereocenters. The van der Waals surface area contributed by atoms with Crippen LogP contribution in [-0.2, 0) is 6.54 Å². The molecule has 17 heavy (non-hydrogen) atoms. The standard InChI is InChI=1S/C14H24N2S/c1-12-4-3-6-14(15,8-12)11-16(2)9-13-5-7-17-10-13/h5,7,10,12H,3-4,6,8-9,11,15H2,1-2H3. The average molecular weight is 252 g/mol. The molecule has 1 aromatic heterocycles. The number of nitrogens with zero attached hydrogens (tertiary/aromatic N) is 1. The smallest absolute Gasteiger partial charge is 0.0285 e. The van der Waals surface area contributed by atoms with E-state index in [0.717, 1.165) is 19.0 Å². The first-order chi connectivity index (χ1) is 8.07. The molecule has 2 rings (SSSR count). The zero-order valence-electron chi connectivity index (χ0n) is 11.0. The number of nitrogens with two attached hydrogens (primary N) is 1. The van der Waals surface area contributed by atoms with Crippen LogP contribution in [0.5, 0.6) is 0 Å². The van der Waals surface area contributed by atoms with Crippen molar-refractivity contribution in [2.24, 2.45) is 11.7 Å². The summed E-state index contributed by atoms with van der Waals surface area (Å²) in [5, 5.41) is 4.37. The van der Waals surface area contributed by atoms with Gasteiger partial charge < -0.3 is 10.6 Å². The maximum Gasteiger partial charge on any atom is 0.0285 e. The van der Waals surface area contributed by atoms with Gasteiger partial charge in [0, 0.05) is 18.6 Å². The van der Waals surface area contributed by atoms with Crippen molar-refractivity contribution in [3.63, 3.8) is 0 Å². The Morgan fingerprint density at radius 1 is 1.59 bits per heavy atom. The van der Waals surface area contributed by atoms with Crippen molar-refractivity contribution in [1.29, 1.82) is 0 Å². The molecule has 1 saturated carbocycles. The number of rotatable bonds is 4. The normalized spacial score (nSPS) is 29.8. The van der Waals surface area contributed by atoms with Crippen LogP contribution in [0.15, 0.2) is 16.8 Å². The van der Waals surface area contributed by atoms with E-state index in [-0.39, 0.29) is 5.54 Å². The summed E-state index contributed by atoms with van der Waals surface area (Å²) in [5.41, 5.74) is 7.99. The highest BCUT2D eigenvalue weighted by atomic mass is 32.1. The van der Waals surface area contributed by atoms with E-state index < -0.39 is 0 Å². The Hall–Kier alpha value is -0.380. The molecular formula is C14H24N2S. The zero-order valence-corrected chi connectivity index (χ0v) is 11.8. The monoisotopic (exact) mass is 252 g/mol. The fraction of sp³-hybridized carbons (Fsp3) is 0.714. The summed E-state index contributed by atoms with van der Waals surface area (Å²) in [6.45, 7) is 4.38. The first-order valence-electron chi connectivity index (χ1n) is 6.56. The maximum atomic E-state index is 6.54. The van der Waals surface area contributed by atoms with Gasteiger partial charge in [0.25, 0.3) is 0 Å². The predicted octanol–water partition coefficient (Wildman–Crippen LogP) is 3.09. The van der Waals surface area contributed by atoms with Gasteiger partial charge in [-0.1, -0.05) is 19.8 Å². The lowest BCUT2D eigenvalue weighted by Gasteiger charge is -2.39. The molecule has 0 saturated heterocycles. The van der Waals surface area contributed by atoms with Crippen LogP contribution < -0.4 is 5.73 Å². The van der Waals surface area contributed by atoms with E-state index in [1.165, 1.54) is 31.2 Å². The van der Waals surface area contributed by atoms with Crippen LogP contribution in [0, 0.1) is 5.92 Å². The number of thiophene rings is 1. The van der Waals surface area contributed by atoms with E-state index in [1.807, 2.05) is 0 Å². The van der Waals surface area contributed by atoms with Gasteiger partial charge in [-0.05, 0) is 48.2 Å². The van der Waals surface area contributed by atoms with Crippen LogP contribution in [0.4, 0.5) is 0 Å². The van der Waals surface area contributed by atoms with E-state index >= 15 is 0 Å². The molecule has 0 spiro atoms. The summed E-state index contributed by atoms with van der Waals surface area (Å²) in [4.78, 5) is 2.38. The van der Waals surface area contributed by atoms with Crippen molar-refractivity contribution in [3.8, 4) is 0 Å². The molecule has 1 aliphatic rings. The molecule has 0 amide bonds. The predicted molar refractivity (Wildman–Crippen MR) is 75.2 cm³/mol. The number of hydrogen-bond donors (Lipinski definition) is 1. The van der Waals surface area contributed by atoms with Crippen LogP contribution in [0.3, 0.4) is 0 Å². The molecule has 2 nitrogen and oxygen atoms in total. The molecule has 1 aliphatic carbocycles. The summed E-state index contributed by atoms with van der Waals surface area (Å²) in [5.74, 6) is 0.795. The Morgan fingerprint density at radius 3 is 3.06 bits per heavy atom. The Labute approximate surface area is 109 Å². The minimum Gasteiger partial charge on any atom is -0.324 e. The van der Waals surface area contributed by atoms with Gasteiger partial charge >= 0.3 is 0 Å². The summed E-state index contributed by atoms with van der Waals surface area (Å²) in [6, 6.07) is 2.20. The molecule has 1 fully saturated rings. The Kier molecular flexibility index (Phi) is 4.23. The molecule has 1 aromatic rings. The minimum atomic E-state index is 0.0441. The molecule has 2 N–H and O–H groups in total. The highest BCUT2D eigenvalue weighted by Gasteiger charge is 2.31. The molecule has 1 heterocycles. The van der Waals surface area contributed by atoms with Gasteiger partial charge in [-0.15, -0.1) is 0 Å². The molecule has 0 radical (unpaired) electrons. The molecule has 0 aromatic carbocycles. The fourth-order valence-corrected chi connectivity index (χ4v) is 3.79. The van der Waals surface area contributed by atoms with Gasteiger partial charge in [0.05, 0.1) is 0 Å². The Bertz CT molecular complexity index is 336. The second-order valence-corrected chi connectivity index (χ2v) is 6.65. The maximum absolute atomic E-state index is 6.54. The zero-order chi connectivity index (χ0) is 12.3. The lowest BCUT2D eigenvalue weighted by Crippen LogP contribution is -2.51. The summed E-state index contributed by atoms with van der Waals surface area (Å²) < 4.78 is 0. The first kappa shape index (κ1) is 13.1. The third-order valence-electron chi connectivity index (χ3n) is 3.74. The highest BCUT2D eigenvalue weighted by molar-refractivity contribution is 7.07. The molecule has 0 aliphatic heterocycles. The van der Waals surface area contributed by atoms with Gasteiger partial charge in [-0.3, -0.25) is 0 Å². The van der Waals surface area contributed by atoms with Crippen LogP contribution in [0.2, 0.25) is 0 Å². The quantitative estimate of drug-likeness (QED) is 0.892. The third-order valence-corrected chi connectivity index (χ3v) is 4.48. The molecular weight excluding hydrogens is 228 g/mol. The van der Waals surface area contributed by atoms with E-state index in [2.05, 4.69) is 35.7 Å². The molecule has 0 bridgehead atoms. The third kappa shape index (κ3) is 3.80. The van der Waals surface area contributed by atoms with Gasteiger partial charge in [0.2, 0.25) is 0 Å². The average Bonchev–Trinajstić information content (AvgIpc) is 2.68. The lowest BCUT2D eigenvalue weighted by molar-refractivity contribution is 0.165. The first-order valence-corrected chi connectivity index (χ1v) is 7.50.